The summed E-state index contributed by atoms with van der Waals surface area (Å²) in [5.74, 6) is -2.24. The third kappa shape index (κ3) is 37.8. The van der Waals surface area contributed by atoms with Gasteiger partial charge in [-0.05, 0) is 193 Å². The van der Waals surface area contributed by atoms with Crippen molar-refractivity contribution in [2.45, 2.75) is 219 Å². The summed E-state index contributed by atoms with van der Waals surface area (Å²) in [6.45, 7) is 29.0. The number of carbonyl (C=O) groups excluding carboxylic acids is 10. The lowest BCUT2D eigenvalue weighted by molar-refractivity contribution is -0.138. The van der Waals surface area contributed by atoms with Crippen LogP contribution in [0.1, 0.15) is 174 Å². The van der Waals surface area contributed by atoms with Crippen LogP contribution in [0.15, 0.2) is 62.2 Å². The Morgan fingerprint density at radius 2 is 0.761 bits per heavy atom. The number of thioether (sulfide) groups is 2. The summed E-state index contributed by atoms with van der Waals surface area (Å²) >= 11 is 2.57. The number of guanidine groups is 2. The van der Waals surface area contributed by atoms with Crippen LogP contribution in [0.25, 0.3) is 10.2 Å². The molecule has 604 valence electrons. The number of nitrogens with zero attached hydrogens (tertiary/aromatic N) is 3. The zero-order chi connectivity index (χ0) is 82.3. The van der Waals surface area contributed by atoms with E-state index in [-0.39, 0.29) is 126 Å². The highest BCUT2D eigenvalue weighted by Crippen LogP contribution is 2.43. The number of benzene rings is 3. The summed E-state index contributed by atoms with van der Waals surface area (Å²) in [5.41, 5.74) is -9.35. The summed E-state index contributed by atoms with van der Waals surface area (Å²) < 4.78 is 120. The van der Waals surface area contributed by atoms with Crippen LogP contribution >= 0.6 is 34.9 Å². The number of thiazole rings is 1. The van der Waals surface area contributed by atoms with Gasteiger partial charge in [0.2, 0.25) is 23.7 Å². The molecule has 1 aromatic heterocycles. The van der Waals surface area contributed by atoms with Crippen LogP contribution < -0.4 is 63.8 Å². The van der Waals surface area contributed by atoms with Crippen molar-refractivity contribution in [2.24, 2.45) is 9.98 Å². The number of hydrogen-bond acceptors (Lipinski definition) is 20. The SMILES string of the molecule is CC(C)(C)OC(=O)N=C(NCCCCC(=O)Nc1cc(C(F)(F)F)cc(NC(=O)Nc2ccc3nc(NC(=O)Nc4cc(C(F)(F)F)cc(NC(=O)CCCCNC(=NC(=O)OC(C)(C)C)NC(=O)OC(C)(C)C)c4SCCNC(=O)OC(C)(C)C)sc3c2)c1SCCNC(=O)OC(C)(C)C)NC(=O)OC(C)(C)C. The van der Waals surface area contributed by atoms with Crippen LogP contribution in [-0.4, -0.2) is 149 Å². The van der Waals surface area contributed by atoms with E-state index in [1.165, 1.54) is 18.2 Å². The molecule has 0 aliphatic carbocycles. The number of fused-ring (bicyclic) bond motifs is 1. The minimum absolute atomic E-state index is 0.0140. The minimum Gasteiger partial charge on any atom is -0.444 e. The third-order valence-electron chi connectivity index (χ3n) is 12.5. The lowest BCUT2D eigenvalue weighted by Crippen LogP contribution is -2.44. The van der Waals surface area contributed by atoms with Gasteiger partial charge < -0.3 is 76.3 Å². The average molecular weight is 1600 g/mol. The zero-order valence-corrected chi connectivity index (χ0v) is 66.3. The van der Waals surface area contributed by atoms with Crippen LogP contribution in [-0.2, 0) is 50.4 Å². The number of nitrogens with one attached hydrogen (secondary N) is 12. The number of amides is 12. The molecular formula is C69H97F6N15O16S3. The van der Waals surface area contributed by atoms with E-state index in [2.05, 4.69) is 78.8 Å². The van der Waals surface area contributed by atoms with Crippen molar-refractivity contribution in [3.8, 4) is 0 Å². The first kappa shape index (κ1) is 91.7. The van der Waals surface area contributed by atoms with E-state index in [1.54, 1.807) is 125 Å². The molecule has 0 radical (unpaired) electrons. The summed E-state index contributed by atoms with van der Waals surface area (Å²) in [6, 6.07) is 4.62. The van der Waals surface area contributed by atoms with E-state index in [1.807, 2.05) is 0 Å². The highest BCUT2D eigenvalue weighted by Gasteiger charge is 2.35. The Hall–Kier alpha value is -9.73. The predicted octanol–water partition coefficient (Wildman–Crippen LogP) is 15.9. The smallest absolute Gasteiger partial charge is 0.437 e. The van der Waals surface area contributed by atoms with E-state index in [0.717, 1.165) is 34.9 Å². The van der Waals surface area contributed by atoms with Gasteiger partial charge >= 0.3 is 61.0 Å². The Labute approximate surface area is 639 Å². The second kappa shape index (κ2) is 39.6. The number of halogens is 6. The van der Waals surface area contributed by atoms with E-state index >= 15 is 0 Å². The van der Waals surface area contributed by atoms with Crippen molar-refractivity contribution in [1.29, 1.82) is 0 Å². The van der Waals surface area contributed by atoms with E-state index in [9.17, 15) is 74.3 Å². The normalized spacial score (nSPS) is 12.5. The number of rotatable bonds is 24. The van der Waals surface area contributed by atoms with Gasteiger partial charge in [-0.3, -0.25) is 25.5 Å². The fourth-order valence-corrected chi connectivity index (χ4v) is 11.3. The number of anilines is 6. The lowest BCUT2D eigenvalue weighted by Gasteiger charge is -2.21. The first-order chi connectivity index (χ1) is 50.1. The van der Waals surface area contributed by atoms with Crippen LogP contribution in [0.2, 0.25) is 0 Å². The molecule has 0 aliphatic heterocycles. The predicted molar refractivity (Wildman–Crippen MR) is 405 cm³/mol. The Balaban J connectivity index is 1.59. The van der Waals surface area contributed by atoms with Crippen molar-refractivity contribution in [3.05, 3.63) is 53.6 Å². The fourth-order valence-electron chi connectivity index (χ4n) is 8.54. The molecule has 0 fully saturated rings. The van der Waals surface area contributed by atoms with Crippen molar-refractivity contribution >= 4 is 151 Å². The lowest BCUT2D eigenvalue weighted by atomic mass is 10.1. The van der Waals surface area contributed by atoms with Gasteiger partial charge in [-0.1, -0.05) is 11.3 Å². The molecule has 4 aromatic rings. The number of hydrogen-bond donors (Lipinski definition) is 12. The molecule has 0 spiro atoms. The second-order valence-corrected chi connectivity index (χ2v) is 33.0. The monoisotopic (exact) mass is 1600 g/mol. The van der Waals surface area contributed by atoms with Crippen LogP contribution in [0.5, 0.6) is 0 Å². The molecular weight excluding hydrogens is 1510 g/mol. The van der Waals surface area contributed by atoms with Gasteiger partial charge in [0.15, 0.2) is 5.13 Å². The largest absolute Gasteiger partial charge is 0.444 e. The van der Waals surface area contributed by atoms with Crippen molar-refractivity contribution in [1.82, 2.24) is 36.9 Å². The van der Waals surface area contributed by atoms with Crippen LogP contribution in [0, 0.1) is 0 Å². The number of carbonyl (C=O) groups is 10. The number of aliphatic imine (C=N–C) groups is 2. The maximum absolute atomic E-state index is 14.7. The number of alkyl carbamates (subject to hydrolysis) is 4. The molecule has 0 saturated heterocycles. The Kier molecular flexibility index (Phi) is 33.3. The van der Waals surface area contributed by atoms with Gasteiger partial charge in [-0.25, -0.2) is 43.3 Å². The quantitative estimate of drug-likeness (QED) is 0.00774. The van der Waals surface area contributed by atoms with E-state index in [4.69, 9.17) is 28.4 Å². The molecule has 0 saturated carbocycles. The van der Waals surface area contributed by atoms with Gasteiger partial charge in [0, 0.05) is 56.2 Å². The summed E-state index contributed by atoms with van der Waals surface area (Å²) in [7, 11) is 0. The molecule has 31 nitrogen and oxygen atoms in total. The van der Waals surface area contributed by atoms with Gasteiger partial charge in [-0.2, -0.15) is 26.3 Å². The maximum atomic E-state index is 14.7. The molecule has 4 rings (SSSR count). The number of urea groups is 2. The molecule has 109 heavy (non-hydrogen) atoms. The molecule has 3 aromatic carbocycles. The zero-order valence-electron chi connectivity index (χ0n) is 63.9. The van der Waals surface area contributed by atoms with Gasteiger partial charge in [0.05, 0.1) is 53.9 Å². The third-order valence-corrected chi connectivity index (χ3v) is 15.7. The topological polar surface area (TPSA) is 408 Å². The molecule has 40 heteroatoms. The molecule has 0 aliphatic rings. The molecule has 0 unspecified atom stereocenters. The maximum Gasteiger partial charge on any atom is 0.437 e. The van der Waals surface area contributed by atoms with Gasteiger partial charge in [-0.15, -0.1) is 33.5 Å². The van der Waals surface area contributed by atoms with Gasteiger partial charge in [0.1, 0.15) is 33.6 Å². The Morgan fingerprint density at radius 3 is 1.12 bits per heavy atom. The molecule has 1 heterocycles. The van der Waals surface area contributed by atoms with Gasteiger partial charge in [0.25, 0.3) is 0 Å². The Bertz CT molecular complexity index is 3750. The summed E-state index contributed by atoms with van der Waals surface area (Å²) in [6.07, 6.45) is -15.6. The molecule has 12 amide bonds. The molecule has 0 bridgehead atoms. The van der Waals surface area contributed by atoms with Crippen LogP contribution in [0.4, 0.5) is 98.3 Å². The van der Waals surface area contributed by atoms with Crippen LogP contribution in [0.3, 0.4) is 0 Å². The van der Waals surface area contributed by atoms with Crippen molar-refractivity contribution in [2.75, 3.05) is 69.6 Å². The summed E-state index contributed by atoms with van der Waals surface area (Å²) in [5, 5.41) is 30.1. The first-order valence-electron chi connectivity index (χ1n) is 34.0. The summed E-state index contributed by atoms with van der Waals surface area (Å²) in [4.78, 5) is 142. The minimum atomic E-state index is -5.04. The number of aromatic nitrogens is 1. The number of ether oxygens (including phenoxy) is 6. The second-order valence-electron chi connectivity index (χ2n) is 29.7. The molecule has 12 N–H and O–H groups in total. The average Bonchev–Trinajstić information content (AvgIpc) is 1.03. The Morgan fingerprint density at radius 1 is 0.413 bits per heavy atom. The van der Waals surface area contributed by atoms with E-state index in [0.29, 0.717) is 29.0 Å². The van der Waals surface area contributed by atoms with Crippen molar-refractivity contribution < 1.29 is 103 Å². The first-order valence-corrected chi connectivity index (χ1v) is 36.8. The number of unbranched alkanes of at least 4 members (excludes halogenated alkanes) is 2. The fraction of sp³-hybridized carbons (Fsp3) is 0.551. The highest BCUT2D eigenvalue weighted by atomic mass is 32.2. The standard InChI is InChI=1S/C69H97F6N15O16S3/c1-62(2,3)101-56(95)78-29-31-107-49-42(81-47(91)23-19-21-27-76-51(86-58(97)103-64(7,8)9)87-59(98)104-65(10,11)12)33-38(68(70,71)72)35-44(49)83-53(93)80-40-25-26-41-46(37-40)109-55(85-41)90-54(94)84-45-36-39(69(73,74)75)34-43(50(45)108-32-30-79-57(96)102-63(4,5)6)82-48(92)24-20-22-28-77-52(88-60(99)105-66(13,14)15)89-61(100)106-67(16,17)18/h25-26,33-37H,19-24,27-32H2,1-18H3,(H,78,95)(H,79,96)(H,81,91)(H,82,92)(H2,80,83,93)(H2,84,85,90,94)(H2,76,86,87,97,98)(H2,77,88,89,99,100). The van der Waals surface area contributed by atoms with E-state index < -0.39 is 129 Å². The molecule has 0 atom stereocenters. The highest BCUT2D eigenvalue weighted by molar-refractivity contribution is 7.99. The number of alkyl halides is 6. The van der Waals surface area contributed by atoms with Crippen molar-refractivity contribution in [3.63, 3.8) is 0 Å².